The van der Waals surface area contributed by atoms with Crippen molar-refractivity contribution in [1.29, 1.82) is 0 Å². The minimum absolute atomic E-state index is 0.0326. The Kier molecular flexibility index (Phi) is 2.91. The van der Waals surface area contributed by atoms with Gasteiger partial charge in [-0.25, -0.2) is 0 Å². The lowest BCUT2D eigenvalue weighted by molar-refractivity contribution is 0.0911. The number of hydrogen-bond donors (Lipinski definition) is 0. The lowest BCUT2D eigenvalue weighted by atomic mass is 10.0. The number of furan rings is 1. The molecule has 1 heterocycles. The summed E-state index contributed by atoms with van der Waals surface area (Å²) in [7, 11) is 0. The molecule has 1 aromatic carbocycles. The van der Waals surface area contributed by atoms with Gasteiger partial charge in [0.05, 0.1) is 6.26 Å². The van der Waals surface area contributed by atoms with Crippen LogP contribution in [0.1, 0.15) is 24.4 Å². The SMILES string of the molecule is CC(C)C(=O)c1cc(-c2ccccc2)co1. The van der Waals surface area contributed by atoms with E-state index in [1.807, 2.05) is 44.2 Å². The quantitative estimate of drug-likeness (QED) is 0.728. The highest BCUT2D eigenvalue weighted by molar-refractivity contribution is 5.96. The van der Waals surface area contributed by atoms with Gasteiger partial charge < -0.3 is 4.42 Å². The second-order valence-electron chi connectivity index (χ2n) is 4.08. The molecule has 0 aliphatic heterocycles. The van der Waals surface area contributed by atoms with E-state index in [9.17, 15) is 4.79 Å². The van der Waals surface area contributed by atoms with Gasteiger partial charge in [-0.3, -0.25) is 4.79 Å². The number of carbonyl (C=O) groups is 1. The highest BCUT2D eigenvalue weighted by Crippen LogP contribution is 2.23. The molecule has 16 heavy (non-hydrogen) atoms. The van der Waals surface area contributed by atoms with Crippen LogP contribution in [0.25, 0.3) is 11.1 Å². The molecule has 0 saturated heterocycles. The Hall–Kier alpha value is -1.83. The van der Waals surface area contributed by atoms with E-state index in [0.717, 1.165) is 11.1 Å². The molecular formula is C14H14O2. The topological polar surface area (TPSA) is 30.2 Å². The molecule has 82 valence electrons. The Morgan fingerprint density at radius 3 is 2.44 bits per heavy atom. The summed E-state index contributed by atoms with van der Waals surface area (Å²) in [6, 6.07) is 11.7. The predicted octanol–water partition coefficient (Wildman–Crippen LogP) is 3.79. The minimum Gasteiger partial charge on any atom is -0.461 e. The summed E-state index contributed by atoms with van der Waals surface area (Å²) in [5.41, 5.74) is 2.01. The summed E-state index contributed by atoms with van der Waals surface area (Å²) in [6.45, 7) is 3.74. The molecule has 0 unspecified atom stereocenters. The van der Waals surface area contributed by atoms with Gasteiger partial charge in [0.15, 0.2) is 5.76 Å². The third kappa shape index (κ3) is 2.06. The van der Waals surface area contributed by atoms with E-state index in [0.29, 0.717) is 5.76 Å². The molecule has 0 aliphatic carbocycles. The summed E-state index contributed by atoms with van der Waals surface area (Å²) < 4.78 is 5.29. The van der Waals surface area contributed by atoms with Crippen molar-refractivity contribution in [2.24, 2.45) is 5.92 Å². The smallest absolute Gasteiger partial charge is 0.200 e. The summed E-state index contributed by atoms with van der Waals surface area (Å²) in [6.07, 6.45) is 1.63. The lowest BCUT2D eigenvalue weighted by Crippen LogP contribution is -2.05. The second-order valence-corrected chi connectivity index (χ2v) is 4.08. The standard InChI is InChI=1S/C14H14O2/c1-10(2)14(15)13-8-12(9-16-13)11-6-4-3-5-7-11/h3-10H,1-2H3. The molecular weight excluding hydrogens is 200 g/mol. The fraction of sp³-hybridized carbons (Fsp3) is 0.214. The van der Waals surface area contributed by atoms with E-state index in [-0.39, 0.29) is 11.7 Å². The Morgan fingerprint density at radius 1 is 1.12 bits per heavy atom. The molecule has 2 aromatic rings. The van der Waals surface area contributed by atoms with Gasteiger partial charge in [0.2, 0.25) is 5.78 Å². The first-order chi connectivity index (χ1) is 7.68. The van der Waals surface area contributed by atoms with Gasteiger partial charge in [-0.1, -0.05) is 44.2 Å². The first-order valence-electron chi connectivity index (χ1n) is 5.36. The van der Waals surface area contributed by atoms with Crippen LogP contribution in [0.4, 0.5) is 0 Å². The molecule has 0 atom stereocenters. The van der Waals surface area contributed by atoms with Crippen molar-refractivity contribution < 1.29 is 9.21 Å². The maximum Gasteiger partial charge on any atom is 0.200 e. The summed E-state index contributed by atoms with van der Waals surface area (Å²) in [5, 5.41) is 0. The van der Waals surface area contributed by atoms with Crippen molar-refractivity contribution in [2.45, 2.75) is 13.8 Å². The zero-order chi connectivity index (χ0) is 11.5. The van der Waals surface area contributed by atoms with Crippen molar-refractivity contribution >= 4 is 5.78 Å². The molecule has 0 spiro atoms. The fourth-order valence-electron chi connectivity index (χ4n) is 1.53. The monoisotopic (exact) mass is 214 g/mol. The van der Waals surface area contributed by atoms with Crippen molar-refractivity contribution in [2.75, 3.05) is 0 Å². The molecule has 0 saturated carbocycles. The third-order valence-electron chi connectivity index (χ3n) is 2.47. The Balaban J connectivity index is 2.30. The molecule has 2 heteroatoms. The number of rotatable bonds is 3. The summed E-state index contributed by atoms with van der Waals surface area (Å²) in [5.74, 6) is 0.450. The first kappa shape index (κ1) is 10.7. The molecule has 0 radical (unpaired) electrons. The van der Waals surface area contributed by atoms with E-state index in [4.69, 9.17) is 4.42 Å². The van der Waals surface area contributed by atoms with Crippen LogP contribution in [-0.2, 0) is 0 Å². The van der Waals surface area contributed by atoms with Crippen LogP contribution in [0.15, 0.2) is 47.1 Å². The first-order valence-corrected chi connectivity index (χ1v) is 5.36. The van der Waals surface area contributed by atoms with Gasteiger partial charge in [-0.05, 0) is 11.6 Å². The van der Waals surface area contributed by atoms with Gasteiger partial charge >= 0.3 is 0 Å². The molecule has 0 fully saturated rings. The lowest BCUT2D eigenvalue weighted by Gasteiger charge is -1.98. The second kappa shape index (κ2) is 4.35. The Labute approximate surface area is 94.9 Å². The van der Waals surface area contributed by atoms with E-state index in [1.54, 1.807) is 12.3 Å². The maximum atomic E-state index is 11.7. The predicted molar refractivity (Wildman–Crippen MR) is 63.3 cm³/mol. The number of hydrogen-bond acceptors (Lipinski definition) is 2. The van der Waals surface area contributed by atoms with E-state index < -0.39 is 0 Å². The van der Waals surface area contributed by atoms with Gasteiger partial charge in [-0.2, -0.15) is 0 Å². The molecule has 0 aliphatic rings. The highest BCUT2D eigenvalue weighted by Gasteiger charge is 2.15. The van der Waals surface area contributed by atoms with Gasteiger partial charge in [-0.15, -0.1) is 0 Å². The molecule has 0 amide bonds. The number of Topliss-reactive ketones (excluding diaryl/α,β-unsaturated/α-hetero) is 1. The molecule has 0 N–H and O–H groups in total. The largest absolute Gasteiger partial charge is 0.461 e. The van der Waals surface area contributed by atoms with Crippen molar-refractivity contribution in [3.8, 4) is 11.1 Å². The average Bonchev–Trinajstić information content (AvgIpc) is 2.78. The number of benzene rings is 1. The van der Waals surface area contributed by atoms with Crippen LogP contribution < -0.4 is 0 Å². The molecule has 0 bridgehead atoms. The van der Waals surface area contributed by atoms with Gasteiger partial charge in [0, 0.05) is 11.5 Å². The van der Waals surface area contributed by atoms with Crippen molar-refractivity contribution in [1.82, 2.24) is 0 Å². The van der Waals surface area contributed by atoms with Crippen LogP contribution in [0.5, 0.6) is 0 Å². The maximum absolute atomic E-state index is 11.7. The van der Waals surface area contributed by atoms with Crippen LogP contribution >= 0.6 is 0 Å². The zero-order valence-electron chi connectivity index (χ0n) is 9.44. The number of ketones is 1. The van der Waals surface area contributed by atoms with Crippen molar-refractivity contribution in [3.63, 3.8) is 0 Å². The van der Waals surface area contributed by atoms with Crippen LogP contribution in [0, 0.1) is 5.92 Å². The zero-order valence-corrected chi connectivity index (χ0v) is 9.44. The molecule has 2 rings (SSSR count). The Morgan fingerprint density at radius 2 is 1.81 bits per heavy atom. The number of carbonyl (C=O) groups excluding carboxylic acids is 1. The van der Waals surface area contributed by atoms with E-state index in [2.05, 4.69) is 0 Å². The minimum atomic E-state index is -0.0326. The van der Waals surface area contributed by atoms with E-state index in [1.165, 1.54) is 0 Å². The Bertz CT molecular complexity index is 480. The third-order valence-corrected chi connectivity index (χ3v) is 2.47. The summed E-state index contributed by atoms with van der Waals surface area (Å²) >= 11 is 0. The van der Waals surface area contributed by atoms with Gasteiger partial charge in [0.1, 0.15) is 0 Å². The van der Waals surface area contributed by atoms with Crippen LogP contribution in [-0.4, -0.2) is 5.78 Å². The van der Waals surface area contributed by atoms with E-state index >= 15 is 0 Å². The fourth-order valence-corrected chi connectivity index (χ4v) is 1.53. The van der Waals surface area contributed by atoms with Gasteiger partial charge in [0.25, 0.3) is 0 Å². The van der Waals surface area contributed by atoms with Crippen LogP contribution in [0.3, 0.4) is 0 Å². The highest BCUT2D eigenvalue weighted by atomic mass is 16.3. The molecule has 2 nitrogen and oxygen atoms in total. The average molecular weight is 214 g/mol. The summed E-state index contributed by atoms with van der Waals surface area (Å²) in [4.78, 5) is 11.7. The van der Waals surface area contributed by atoms with Crippen molar-refractivity contribution in [3.05, 3.63) is 48.4 Å². The van der Waals surface area contributed by atoms with Crippen LogP contribution in [0.2, 0.25) is 0 Å². The normalized spacial score (nSPS) is 10.7. The molecule has 1 aromatic heterocycles.